The maximum Gasteiger partial charge on any atom is 0.544 e. The summed E-state index contributed by atoms with van der Waals surface area (Å²) in [5.41, 5.74) is 1.76. The molecule has 29 heavy (non-hydrogen) atoms. The van der Waals surface area contributed by atoms with Crippen molar-refractivity contribution < 1.29 is 13.6 Å². The molecule has 0 saturated carbocycles. The molecule has 0 saturated heterocycles. The van der Waals surface area contributed by atoms with E-state index in [0.29, 0.717) is 18.0 Å². The monoisotopic (exact) mass is 465 g/mol. The van der Waals surface area contributed by atoms with Crippen LogP contribution in [0.3, 0.4) is 0 Å². The van der Waals surface area contributed by atoms with Crippen LogP contribution in [0, 0.1) is 0 Å². The van der Waals surface area contributed by atoms with Gasteiger partial charge in [-0.05, 0) is 53.2 Å². The molecule has 0 N–H and O–H groups in total. The molecule has 0 spiro atoms. The lowest BCUT2D eigenvalue weighted by atomic mass is 10.0. The zero-order chi connectivity index (χ0) is 19.8. The van der Waals surface area contributed by atoms with E-state index in [-0.39, 0.29) is 0 Å². The summed E-state index contributed by atoms with van der Waals surface area (Å²) in [6.07, 6.45) is 0. The summed E-state index contributed by atoms with van der Waals surface area (Å²) in [4.78, 5) is 0. The second-order valence-electron chi connectivity index (χ2n) is 6.76. The van der Waals surface area contributed by atoms with E-state index in [4.69, 9.17) is 9.05 Å². The van der Waals surface area contributed by atoms with Gasteiger partial charge in [-0.15, -0.1) is 0 Å². The van der Waals surface area contributed by atoms with Crippen molar-refractivity contribution in [3.63, 3.8) is 0 Å². The van der Waals surface area contributed by atoms with Gasteiger partial charge < -0.3 is 9.05 Å². The number of hydrogen-bond donors (Lipinski definition) is 0. The van der Waals surface area contributed by atoms with E-state index in [0.717, 1.165) is 26.5 Å². The maximum absolute atomic E-state index is 14.0. The lowest BCUT2D eigenvalue weighted by molar-refractivity contribution is 0.371. The van der Waals surface area contributed by atoms with Gasteiger partial charge in [0.1, 0.15) is 11.5 Å². The van der Waals surface area contributed by atoms with Gasteiger partial charge in [0, 0.05) is 15.7 Å². The Labute approximate surface area is 177 Å². The number of benzene rings is 4. The lowest BCUT2D eigenvalue weighted by Gasteiger charge is -2.36. The maximum atomic E-state index is 14.0. The van der Waals surface area contributed by atoms with Crippen LogP contribution in [0.25, 0.3) is 10.8 Å². The summed E-state index contributed by atoms with van der Waals surface area (Å²) in [7, 11) is -3.67. The van der Waals surface area contributed by atoms with Gasteiger partial charge in [0.05, 0.1) is 6.54 Å². The molecule has 1 aliphatic heterocycles. The number of hydrogen-bond acceptors (Lipinski definition) is 3. The van der Waals surface area contributed by atoms with E-state index < -0.39 is 7.75 Å². The molecule has 0 fully saturated rings. The first-order valence-electron chi connectivity index (χ1n) is 9.21. The highest BCUT2D eigenvalue weighted by atomic mass is 79.9. The molecule has 4 aromatic carbocycles. The molecule has 0 radical (unpaired) electrons. The third kappa shape index (κ3) is 3.41. The van der Waals surface area contributed by atoms with Crippen molar-refractivity contribution in [1.82, 2.24) is 0 Å². The second-order valence-corrected chi connectivity index (χ2v) is 9.46. The summed E-state index contributed by atoms with van der Waals surface area (Å²) in [5.74, 6) is 1.10. The Hall–Kier alpha value is -2.75. The summed E-state index contributed by atoms with van der Waals surface area (Å²) >= 11 is 3.46. The van der Waals surface area contributed by atoms with E-state index in [2.05, 4.69) is 28.1 Å². The van der Waals surface area contributed by atoms with E-state index >= 15 is 0 Å². The predicted molar refractivity (Wildman–Crippen MR) is 120 cm³/mol. The number of para-hydroxylation sites is 1. The molecule has 6 heteroatoms. The Bertz CT molecular complexity index is 1230. The molecule has 1 heterocycles. The van der Waals surface area contributed by atoms with E-state index in [9.17, 15) is 4.57 Å². The van der Waals surface area contributed by atoms with Crippen LogP contribution in [0.1, 0.15) is 5.56 Å². The van der Waals surface area contributed by atoms with Gasteiger partial charge in [-0.25, -0.2) is 4.57 Å². The summed E-state index contributed by atoms with van der Waals surface area (Å²) in [6, 6.07) is 28.8. The summed E-state index contributed by atoms with van der Waals surface area (Å²) in [6.45, 7) is 0.419. The first kappa shape index (κ1) is 18.3. The van der Waals surface area contributed by atoms with Crippen LogP contribution in [0.4, 0.5) is 5.69 Å². The van der Waals surface area contributed by atoms with Crippen molar-refractivity contribution in [3.8, 4) is 11.5 Å². The summed E-state index contributed by atoms with van der Waals surface area (Å²) < 4.78 is 28.7. The van der Waals surface area contributed by atoms with Gasteiger partial charge in [0.2, 0.25) is 0 Å². The van der Waals surface area contributed by atoms with Gasteiger partial charge in [-0.3, -0.25) is 4.67 Å². The molecule has 5 rings (SSSR count). The smallest absolute Gasteiger partial charge is 0.400 e. The van der Waals surface area contributed by atoms with Gasteiger partial charge in [-0.2, -0.15) is 0 Å². The molecular weight excluding hydrogens is 449 g/mol. The first-order valence-corrected chi connectivity index (χ1v) is 11.5. The molecule has 1 aliphatic rings. The molecule has 0 bridgehead atoms. The normalized spacial score (nSPS) is 18.2. The summed E-state index contributed by atoms with van der Waals surface area (Å²) in [5, 5.41) is 2.20. The predicted octanol–water partition coefficient (Wildman–Crippen LogP) is 7.19. The Morgan fingerprint density at radius 1 is 0.862 bits per heavy atom. The fraction of sp³-hybridized carbons (Fsp3) is 0.0435. The van der Waals surface area contributed by atoms with E-state index in [1.807, 2.05) is 66.7 Å². The fourth-order valence-corrected chi connectivity index (χ4v) is 5.54. The topological polar surface area (TPSA) is 38.8 Å². The highest BCUT2D eigenvalue weighted by Gasteiger charge is 2.42. The van der Waals surface area contributed by atoms with Crippen molar-refractivity contribution in [2.24, 2.45) is 0 Å². The highest BCUT2D eigenvalue weighted by Crippen LogP contribution is 2.59. The highest BCUT2D eigenvalue weighted by molar-refractivity contribution is 9.10. The number of anilines is 1. The minimum absolute atomic E-state index is 0.419. The largest absolute Gasteiger partial charge is 0.544 e. The Balaban J connectivity index is 1.65. The molecule has 1 unspecified atom stereocenters. The van der Waals surface area contributed by atoms with Crippen molar-refractivity contribution >= 4 is 40.1 Å². The van der Waals surface area contributed by atoms with Crippen molar-refractivity contribution in [2.45, 2.75) is 6.54 Å². The third-order valence-corrected chi connectivity index (χ3v) is 7.26. The average Bonchev–Trinajstić information content (AvgIpc) is 2.74. The quantitative estimate of drug-likeness (QED) is 0.300. The molecule has 0 aromatic heterocycles. The number of nitrogens with zero attached hydrogens (tertiary/aromatic N) is 1. The van der Waals surface area contributed by atoms with Gasteiger partial charge in [0.25, 0.3) is 0 Å². The van der Waals surface area contributed by atoms with Gasteiger partial charge in [-0.1, -0.05) is 64.5 Å². The Kier molecular flexibility index (Phi) is 4.57. The molecule has 4 nitrogen and oxygen atoms in total. The van der Waals surface area contributed by atoms with Crippen LogP contribution in [-0.2, 0) is 11.1 Å². The molecular formula is C23H17BrNO3P. The average molecular weight is 466 g/mol. The molecule has 1 atom stereocenters. The standard InChI is InChI=1S/C23H17BrNO3P/c24-18-11-13-19(14-12-18)25-16-22-21-9-5-4-6-17(21)10-15-23(22)28-29(25,26)27-20-7-2-1-3-8-20/h1-15H,16H2. The fourth-order valence-electron chi connectivity index (χ4n) is 3.50. The lowest BCUT2D eigenvalue weighted by Crippen LogP contribution is -2.29. The number of halogens is 1. The van der Waals surface area contributed by atoms with Crippen molar-refractivity contribution in [1.29, 1.82) is 0 Å². The minimum Gasteiger partial charge on any atom is -0.400 e. The Morgan fingerprint density at radius 2 is 1.59 bits per heavy atom. The van der Waals surface area contributed by atoms with Crippen LogP contribution < -0.4 is 13.7 Å². The van der Waals surface area contributed by atoms with Crippen molar-refractivity contribution in [3.05, 3.63) is 101 Å². The molecule has 0 aliphatic carbocycles. The van der Waals surface area contributed by atoms with Gasteiger partial charge in [0.15, 0.2) is 0 Å². The zero-order valence-electron chi connectivity index (χ0n) is 15.4. The number of fused-ring (bicyclic) bond motifs is 3. The van der Waals surface area contributed by atoms with Crippen molar-refractivity contribution in [2.75, 3.05) is 4.67 Å². The van der Waals surface area contributed by atoms with Gasteiger partial charge >= 0.3 is 7.75 Å². The molecule has 144 valence electrons. The molecule has 4 aromatic rings. The van der Waals surface area contributed by atoms with E-state index in [1.165, 1.54) is 0 Å². The van der Waals surface area contributed by atoms with Crippen LogP contribution >= 0.6 is 23.7 Å². The third-order valence-electron chi connectivity index (χ3n) is 4.90. The van der Waals surface area contributed by atoms with Crippen LogP contribution in [-0.4, -0.2) is 0 Å². The van der Waals surface area contributed by atoms with E-state index in [1.54, 1.807) is 16.8 Å². The zero-order valence-corrected chi connectivity index (χ0v) is 17.8. The Morgan fingerprint density at radius 3 is 2.38 bits per heavy atom. The minimum atomic E-state index is -3.67. The SMILES string of the molecule is O=P1(Oc2ccccc2)Oc2ccc3ccccc3c2CN1c1ccc(Br)cc1. The molecule has 0 amide bonds. The first-order chi connectivity index (χ1) is 14.1. The van der Waals surface area contributed by atoms with Crippen LogP contribution in [0.5, 0.6) is 11.5 Å². The van der Waals surface area contributed by atoms with Crippen LogP contribution in [0.2, 0.25) is 0 Å². The second kappa shape index (κ2) is 7.25. The number of rotatable bonds is 3. The van der Waals surface area contributed by atoms with Crippen LogP contribution in [0.15, 0.2) is 95.5 Å².